The third-order valence-corrected chi connectivity index (χ3v) is 5.38. The zero-order chi connectivity index (χ0) is 16.3. The van der Waals surface area contributed by atoms with E-state index < -0.39 is 0 Å². The minimum atomic E-state index is 0.509. The van der Waals surface area contributed by atoms with E-state index in [1.807, 2.05) is 19.9 Å². The van der Waals surface area contributed by atoms with Crippen LogP contribution in [-0.2, 0) is 0 Å². The smallest absolute Gasteiger partial charge is 0.225 e. The number of fused-ring (bicyclic) bond motifs is 2. The lowest BCUT2D eigenvalue weighted by Crippen LogP contribution is -2.69. The maximum atomic E-state index is 4.63. The van der Waals surface area contributed by atoms with E-state index in [1.54, 1.807) is 6.33 Å². The molecule has 24 heavy (non-hydrogen) atoms. The average Bonchev–Trinajstić information content (AvgIpc) is 3.39. The average molecular weight is 322 g/mol. The van der Waals surface area contributed by atoms with Gasteiger partial charge >= 0.3 is 0 Å². The van der Waals surface area contributed by atoms with Gasteiger partial charge in [0.1, 0.15) is 12.1 Å². The lowest BCUT2D eigenvalue weighted by Gasteiger charge is -2.56. The second kappa shape index (κ2) is 5.13. The van der Waals surface area contributed by atoms with Crippen molar-refractivity contribution in [3.05, 3.63) is 35.5 Å². The fourth-order valence-electron chi connectivity index (χ4n) is 4.10. The molecule has 0 aromatic carbocycles. The lowest BCUT2D eigenvalue weighted by atomic mass is 9.87. The van der Waals surface area contributed by atoms with Crippen molar-refractivity contribution in [2.75, 3.05) is 22.9 Å². The molecule has 4 aliphatic rings. The third kappa shape index (κ3) is 2.32. The molecular weight excluding hydrogens is 300 g/mol. The van der Waals surface area contributed by atoms with Crippen LogP contribution in [0.5, 0.6) is 0 Å². The van der Waals surface area contributed by atoms with Crippen molar-refractivity contribution in [1.29, 1.82) is 0 Å². The Morgan fingerprint density at radius 2 is 1.67 bits per heavy atom. The fraction of sp³-hybridized carbons (Fsp3) is 0.556. The molecule has 6 nitrogen and oxygen atoms in total. The van der Waals surface area contributed by atoms with Crippen LogP contribution in [0.15, 0.2) is 18.5 Å². The highest BCUT2D eigenvalue weighted by Crippen LogP contribution is 2.42. The molecule has 6 rings (SSSR count). The molecule has 2 bridgehead atoms. The predicted octanol–water partition coefficient (Wildman–Crippen LogP) is 2.23. The van der Waals surface area contributed by atoms with E-state index in [0.29, 0.717) is 18.0 Å². The first kappa shape index (κ1) is 14.1. The number of nitrogens with zero attached hydrogens (tertiary/aromatic N) is 6. The van der Waals surface area contributed by atoms with Crippen LogP contribution in [0.2, 0.25) is 0 Å². The molecule has 3 aliphatic heterocycles. The number of aryl methyl sites for hydroxylation is 2. The highest BCUT2D eigenvalue weighted by molar-refractivity contribution is 5.51. The highest BCUT2D eigenvalue weighted by Gasteiger charge is 2.46. The summed E-state index contributed by atoms with van der Waals surface area (Å²) in [6.45, 7) is 6.02. The van der Waals surface area contributed by atoms with Crippen LogP contribution in [0.1, 0.15) is 42.3 Å². The summed E-state index contributed by atoms with van der Waals surface area (Å²) in [5, 5.41) is 0. The molecular formula is C18H22N6. The predicted molar refractivity (Wildman–Crippen MR) is 92.4 cm³/mol. The van der Waals surface area contributed by atoms with Gasteiger partial charge in [-0.3, -0.25) is 0 Å². The molecule has 6 heteroatoms. The Morgan fingerprint density at radius 3 is 2.33 bits per heavy atom. The SMILES string of the molecule is Cc1cc(C)nc(N2CC3CC(C2)N3c2cc(C3CC3)ncn2)n1. The molecule has 2 unspecified atom stereocenters. The summed E-state index contributed by atoms with van der Waals surface area (Å²) in [6.07, 6.45) is 5.54. The molecule has 2 aromatic rings. The Hall–Kier alpha value is -2.24. The summed E-state index contributed by atoms with van der Waals surface area (Å²) in [4.78, 5) is 23.1. The molecule has 0 radical (unpaired) electrons. The maximum Gasteiger partial charge on any atom is 0.225 e. The quantitative estimate of drug-likeness (QED) is 0.864. The molecule has 0 amide bonds. The normalized spacial score (nSPS) is 25.6. The summed E-state index contributed by atoms with van der Waals surface area (Å²) in [5.41, 5.74) is 3.30. The highest BCUT2D eigenvalue weighted by atomic mass is 15.4. The first-order valence-electron chi connectivity index (χ1n) is 8.85. The first-order valence-corrected chi connectivity index (χ1v) is 8.85. The van der Waals surface area contributed by atoms with E-state index in [9.17, 15) is 0 Å². The molecule has 2 aromatic heterocycles. The Kier molecular flexibility index (Phi) is 3.02. The van der Waals surface area contributed by atoms with E-state index in [0.717, 1.165) is 36.2 Å². The second-order valence-corrected chi connectivity index (χ2v) is 7.38. The standard InChI is InChI=1S/C18H22N6/c1-11-5-12(2)22-18(21-11)23-8-14-6-15(9-23)24(14)17-7-16(13-3-4-13)19-10-20-17/h5,7,10,13-15H,3-4,6,8-9H2,1-2H3. The molecule has 4 fully saturated rings. The Morgan fingerprint density at radius 1 is 0.958 bits per heavy atom. The van der Waals surface area contributed by atoms with Crippen LogP contribution >= 0.6 is 0 Å². The summed E-state index contributed by atoms with van der Waals surface area (Å²) in [5.74, 6) is 2.66. The summed E-state index contributed by atoms with van der Waals surface area (Å²) >= 11 is 0. The van der Waals surface area contributed by atoms with Gasteiger partial charge in [0.25, 0.3) is 0 Å². The third-order valence-electron chi connectivity index (χ3n) is 5.38. The molecule has 1 aliphatic carbocycles. The van der Waals surface area contributed by atoms with Gasteiger partial charge in [-0.05, 0) is 39.2 Å². The van der Waals surface area contributed by atoms with Gasteiger partial charge in [0.05, 0.1) is 12.1 Å². The monoisotopic (exact) mass is 322 g/mol. The van der Waals surface area contributed by atoms with Crippen LogP contribution in [0.4, 0.5) is 11.8 Å². The van der Waals surface area contributed by atoms with Crippen LogP contribution in [-0.4, -0.2) is 45.1 Å². The van der Waals surface area contributed by atoms with Gasteiger partial charge in [-0.15, -0.1) is 0 Å². The Balaban J connectivity index is 1.36. The van der Waals surface area contributed by atoms with Gasteiger partial charge in [-0.2, -0.15) is 0 Å². The van der Waals surface area contributed by atoms with E-state index in [4.69, 9.17) is 0 Å². The molecule has 2 atom stereocenters. The van der Waals surface area contributed by atoms with Crippen molar-refractivity contribution in [3.8, 4) is 0 Å². The van der Waals surface area contributed by atoms with Gasteiger partial charge in [-0.1, -0.05) is 0 Å². The zero-order valence-electron chi connectivity index (χ0n) is 14.2. The second-order valence-electron chi connectivity index (χ2n) is 7.38. The van der Waals surface area contributed by atoms with Crippen molar-refractivity contribution in [1.82, 2.24) is 19.9 Å². The van der Waals surface area contributed by atoms with Gasteiger partial charge < -0.3 is 9.80 Å². The van der Waals surface area contributed by atoms with Crippen molar-refractivity contribution >= 4 is 11.8 Å². The summed E-state index contributed by atoms with van der Waals surface area (Å²) in [7, 11) is 0. The minimum Gasteiger partial charge on any atom is -0.347 e. The molecule has 1 saturated carbocycles. The molecule has 0 N–H and O–H groups in total. The number of aromatic nitrogens is 4. The van der Waals surface area contributed by atoms with Gasteiger partial charge in [0, 0.05) is 42.2 Å². The molecule has 5 heterocycles. The Bertz CT molecular complexity index is 755. The van der Waals surface area contributed by atoms with E-state index in [-0.39, 0.29) is 0 Å². The zero-order valence-corrected chi connectivity index (χ0v) is 14.2. The molecule has 0 spiro atoms. The minimum absolute atomic E-state index is 0.509. The largest absolute Gasteiger partial charge is 0.347 e. The number of piperidine rings is 1. The van der Waals surface area contributed by atoms with Crippen LogP contribution in [0.3, 0.4) is 0 Å². The topological polar surface area (TPSA) is 58.0 Å². The van der Waals surface area contributed by atoms with Crippen molar-refractivity contribution in [3.63, 3.8) is 0 Å². The van der Waals surface area contributed by atoms with Crippen LogP contribution in [0.25, 0.3) is 0 Å². The van der Waals surface area contributed by atoms with Gasteiger partial charge in [0.2, 0.25) is 5.95 Å². The van der Waals surface area contributed by atoms with Crippen LogP contribution < -0.4 is 9.80 Å². The number of anilines is 2. The Labute approximate surface area is 142 Å². The lowest BCUT2D eigenvalue weighted by molar-refractivity contribution is 0.286. The van der Waals surface area contributed by atoms with E-state index >= 15 is 0 Å². The van der Waals surface area contributed by atoms with Gasteiger partial charge in [-0.25, -0.2) is 19.9 Å². The summed E-state index contributed by atoms with van der Waals surface area (Å²) in [6, 6.07) is 5.26. The van der Waals surface area contributed by atoms with Crippen molar-refractivity contribution in [2.24, 2.45) is 0 Å². The molecule has 124 valence electrons. The number of piperazine rings is 1. The first-order chi connectivity index (χ1) is 11.7. The number of hydrogen-bond donors (Lipinski definition) is 0. The number of hydrogen-bond acceptors (Lipinski definition) is 6. The van der Waals surface area contributed by atoms with Crippen molar-refractivity contribution < 1.29 is 0 Å². The van der Waals surface area contributed by atoms with Crippen LogP contribution in [0, 0.1) is 13.8 Å². The van der Waals surface area contributed by atoms with Gasteiger partial charge in [0.15, 0.2) is 0 Å². The number of rotatable bonds is 3. The van der Waals surface area contributed by atoms with Crippen molar-refractivity contribution in [2.45, 2.75) is 51.1 Å². The maximum absolute atomic E-state index is 4.63. The fourth-order valence-corrected chi connectivity index (χ4v) is 4.10. The van der Waals surface area contributed by atoms with E-state index in [1.165, 1.54) is 25.0 Å². The molecule has 3 saturated heterocycles. The van der Waals surface area contributed by atoms with E-state index in [2.05, 4.69) is 35.8 Å². The summed E-state index contributed by atoms with van der Waals surface area (Å²) < 4.78 is 0.